The number of thiazole rings is 1. The summed E-state index contributed by atoms with van der Waals surface area (Å²) in [7, 11) is -1.61. The van der Waals surface area contributed by atoms with Gasteiger partial charge in [0.1, 0.15) is 22.4 Å². The molecule has 2 aromatic heterocycles. The topological polar surface area (TPSA) is 119 Å². The van der Waals surface area contributed by atoms with Crippen LogP contribution >= 0.6 is 11.3 Å². The molecule has 1 aromatic carbocycles. The van der Waals surface area contributed by atoms with Gasteiger partial charge in [0, 0.05) is 23.2 Å². The van der Waals surface area contributed by atoms with Crippen LogP contribution in [0.5, 0.6) is 5.75 Å². The number of nitrogens with one attached hydrogen (secondary N) is 2. The van der Waals surface area contributed by atoms with E-state index >= 15 is 0 Å². The van der Waals surface area contributed by atoms with E-state index in [2.05, 4.69) is 34.4 Å². The Hall–Kier alpha value is -2.82. The fourth-order valence-corrected chi connectivity index (χ4v) is 4.50. The molecule has 0 aliphatic rings. The Morgan fingerprint density at radius 2 is 1.94 bits per heavy atom. The highest BCUT2D eigenvalue weighted by atomic mass is 32.2. The van der Waals surface area contributed by atoms with Gasteiger partial charge in [-0.15, -0.1) is 11.3 Å². The van der Waals surface area contributed by atoms with Crippen molar-refractivity contribution in [3.05, 3.63) is 47.6 Å². The maximum Gasteiger partial charge on any atom is 0.270 e. The largest absolute Gasteiger partial charge is 0.489 e. The fraction of sp³-hybridized carbons (Fsp3) is 0.423. The van der Waals surface area contributed by atoms with E-state index in [9.17, 15) is 9.00 Å². The number of amides is 1. The first-order valence-electron chi connectivity index (χ1n) is 12.3. The third-order valence-electron chi connectivity index (χ3n) is 5.05. The van der Waals surface area contributed by atoms with E-state index in [-0.39, 0.29) is 18.1 Å². The van der Waals surface area contributed by atoms with Crippen molar-refractivity contribution >= 4 is 39.0 Å². The Morgan fingerprint density at radius 3 is 2.53 bits per heavy atom. The minimum atomic E-state index is -1.61. The zero-order valence-electron chi connectivity index (χ0n) is 21.8. The lowest BCUT2D eigenvalue weighted by molar-refractivity contribution is 0.0928. The van der Waals surface area contributed by atoms with Crippen LogP contribution in [0.1, 0.15) is 71.3 Å². The van der Waals surface area contributed by atoms with Crippen molar-refractivity contribution in [3.8, 4) is 17.0 Å². The number of hydrogen-bond acceptors (Lipinski definition) is 7. The van der Waals surface area contributed by atoms with Crippen molar-refractivity contribution in [3.63, 3.8) is 0 Å². The molecule has 3 aromatic rings. The molecule has 2 unspecified atom stereocenters. The first-order chi connectivity index (χ1) is 17.3. The summed E-state index contributed by atoms with van der Waals surface area (Å²) in [4.78, 5) is 21.9. The van der Waals surface area contributed by atoms with E-state index in [1.54, 1.807) is 30.5 Å². The summed E-state index contributed by atoms with van der Waals surface area (Å²) in [5.41, 5.74) is 2.55. The van der Waals surface area contributed by atoms with Gasteiger partial charge in [-0.2, -0.15) is 0 Å². The van der Waals surface area contributed by atoms with Crippen LogP contribution in [-0.4, -0.2) is 32.2 Å². The SMILES string of the molecule is CC.CCCC(CC)NC(=O)c1ccc(-c2csc(Nc3cc(S(N)=O)ccc3OC(C)C)n2)cn1. The Balaban J connectivity index is 0.00000222. The van der Waals surface area contributed by atoms with Crippen molar-refractivity contribution in [1.29, 1.82) is 0 Å². The number of anilines is 2. The molecule has 1 amide bonds. The van der Waals surface area contributed by atoms with E-state index in [0.29, 0.717) is 27.2 Å². The first-order valence-corrected chi connectivity index (χ1v) is 14.4. The highest BCUT2D eigenvalue weighted by Gasteiger charge is 2.15. The van der Waals surface area contributed by atoms with Crippen LogP contribution in [0.15, 0.2) is 46.8 Å². The van der Waals surface area contributed by atoms with Crippen LogP contribution in [0.2, 0.25) is 0 Å². The number of benzene rings is 1. The minimum absolute atomic E-state index is 0.0296. The van der Waals surface area contributed by atoms with Gasteiger partial charge in [0.05, 0.1) is 22.4 Å². The summed E-state index contributed by atoms with van der Waals surface area (Å²) in [6, 6.07) is 8.84. The second-order valence-electron chi connectivity index (χ2n) is 8.08. The molecule has 4 N–H and O–H groups in total. The molecule has 0 fully saturated rings. The van der Waals surface area contributed by atoms with Crippen molar-refractivity contribution in [1.82, 2.24) is 15.3 Å². The zero-order valence-corrected chi connectivity index (χ0v) is 23.5. The molecular formula is C26H37N5O3S2. The quantitative estimate of drug-likeness (QED) is 0.277. The molecule has 196 valence electrons. The van der Waals surface area contributed by atoms with Gasteiger partial charge in [0.2, 0.25) is 0 Å². The number of rotatable bonds is 11. The molecular weight excluding hydrogens is 494 g/mol. The lowest BCUT2D eigenvalue weighted by atomic mass is 10.1. The van der Waals surface area contributed by atoms with E-state index in [0.717, 1.165) is 30.5 Å². The molecule has 0 spiro atoms. The molecule has 0 aliphatic carbocycles. The zero-order chi connectivity index (χ0) is 26.7. The third kappa shape index (κ3) is 8.39. The maximum absolute atomic E-state index is 12.5. The summed E-state index contributed by atoms with van der Waals surface area (Å²) >= 11 is 1.42. The average Bonchev–Trinajstić information content (AvgIpc) is 3.34. The van der Waals surface area contributed by atoms with Gasteiger partial charge < -0.3 is 15.4 Å². The second-order valence-corrected chi connectivity index (χ2v) is 10.0. The smallest absolute Gasteiger partial charge is 0.270 e. The average molecular weight is 532 g/mol. The molecule has 36 heavy (non-hydrogen) atoms. The monoisotopic (exact) mass is 531 g/mol. The van der Waals surface area contributed by atoms with Crippen molar-refractivity contribution in [2.75, 3.05) is 5.32 Å². The second kappa shape index (κ2) is 14.7. The standard InChI is InChI=1S/C24H31N5O3S2.C2H6/c1-5-7-17(6-2)27-23(30)19-10-8-16(13-26-19)21-14-33-24(29-21)28-20-12-18(34(25)31)9-11-22(20)32-15(3)4;1-2/h8-15,17H,5-7,25H2,1-4H3,(H,27,30)(H,28,29);1-2H3. The number of carbonyl (C=O) groups is 1. The summed E-state index contributed by atoms with van der Waals surface area (Å²) < 4.78 is 17.6. The van der Waals surface area contributed by atoms with Crippen LogP contribution in [-0.2, 0) is 11.0 Å². The number of pyridine rings is 1. The van der Waals surface area contributed by atoms with Crippen LogP contribution in [0.4, 0.5) is 10.8 Å². The number of nitrogens with two attached hydrogens (primary N) is 1. The summed E-state index contributed by atoms with van der Waals surface area (Å²) in [6.07, 6.45) is 4.48. The van der Waals surface area contributed by atoms with Gasteiger partial charge in [0.25, 0.3) is 5.91 Å². The van der Waals surface area contributed by atoms with Crippen LogP contribution in [0.25, 0.3) is 11.3 Å². The Kier molecular flexibility index (Phi) is 12.0. The van der Waals surface area contributed by atoms with Gasteiger partial charge in [0.15, 0.2) is 5.13 Å². The Bertz CT molecular complexity index is 1130. The van der Waals surface area contributed by atoms with Gasteiger partial charge in [-0.25, -0.2) is 14.3 Å². The highest BCUT2D eigenvalue weighted by Crippen LogP contribution is 2.33. The van der Waals surface area contributed by atoms with Gasteiger partial charge >= 0.3 is 0 Å². The van der Waals surface area contributed by atoms with Gasteiger partial charge in [-0.1, -0.05) is 34.1 Å². The number of hydrogen-bond donors (Lipinski definition) is 3. The Labute approximate surface area is 220 Å². The molecule has 0 bridgehead atoms. The van der Waals surface area contributed by atoms with E-state index in [1.165, 1.54) is 11.3 Å². The molecule has 0 saturated carbocycles. The Morgan fingerprint density at radius 1 is 1.19 bits per heavy atom. The molecule has 2 heterocycles. The van der Waals surface area contributed by atoms with Crippen LogP contribution < -0.4 is 20.5 Å². The van der Waals surface area contributed by atoms with Crippen molar-refractivity contribution in [2.45, 2.75) is 77.8 Å². The van der Waals surface area contributed by atoms with Gasteiger partial charge in [-0.05, 0) is 57.0 Å². The van der Waals surface area contributed by atoms with Crippen molar-refractivity contribution < 1.29 is 13.7 Å². The maximum atomic E-state index is 12.5. The first kappa shape index (κ1) is 29.4. The molecule has 0 saturated heterocycles. The molecule has 10 heteroatoms. The molecule has 8 nitrogen and oxygen atoms in total. The lowest BCUT2D eigenvalue weighted by Crippen LogP contribution is -2.34. The molecule has 2 atom stereocenters. The predicted molar refractivity (Wildman–Crippen MR) is 149 cm³/mol. The summed E-state index contributed by atoms with van der Waals surface area (Å²) in [6.45, 7) is 12.0. The summed E-state index contributed by atoms with van der Waals surface area (Å²) in [5.74, 6) is 0.453. The number of ether oxygens (including phenoxy) is 1. The van der Waals surface area contributed by atoms with Crippen LogP contribution in [0.3, 0.4) is 0 Å². The van der Waals surface area contributed by atoms with Crippen LogP contribution in [0, 0.1) is 0 Å². The number of carbonyl (C=O) groups excluding carboxylic acids is 1. The predicted octanol–water partition coefficient (Wildman–Crippen LogP) is 6.05. The highest BCUT2D eigenvalue weighted by molar-refractivity contribution is 7.82. The van der Waals surface area contributed by atoms with E-state index in [4.69, 9.17) is 9.88 Å². The molecule has 3 rings (SSSR count). The normalized spacial score (nSPS) is 12.3. The van der Waals surface area contributed by atoms with E-state index < -0.39 is 11.0 Å². The third-order valence-corrected chi connectivity index (χ3v) is 6.53. The number of nitrogens with zero attached hydrogens (tertiary/aromatic N) is 2. The lowest BCUT2D eigenvalue weighted by Gasteiger charge is -2.15. The fourth-order valence-electron chi connectivity index (χ4n) is 3.33. The van der Waals surface area contributed by atoms with Gasteiger partial charge in [-0.3, -0.25) is 9.78 Å². The minimum Gasteiger partial charge on any atom is -0.489 e. The molecule has 0 radical (unpaired) electrons. The molecule has 0 aliphatic heterocycles. The number of aromatic nitrogens is 2. The summed E-state index contributed by atoms with van der Waals surface area (Å²) in [5, 5.41) is 14.4. The van der Waals surface area contributed by atoms with Crippen molar-refractivity contribution in [2.24, 2.45) is 5.14 Å². The van der Waals surface area contributed by atoms with E-state index in [1.807, 2.05) is 39.1 Å².